The van der Waals surface area contributed by atoms with Crippen molar-refractivity contribution in [3.05, 3.63) is 0 Å². The fourth-order valence-electron chi connectivity index (χ4n) is 4.78. The molecule has 0 aromatic rings. The van der Waals surface area contributed by atoms with Gasteiger partial charge in [0.25, 0.3) is 0 Å². The summed E-state index contributed by atoms with van der Waals surface area (Å²) in [6.07, 6.45) is 0. The molecule has 0 bridgehead atoms. The minimum absolute atomic E-state index is 0.130. The maximum absolute atomic E-state index is 7.42. The van der Waals surface area contributed by atoms with Crippen LogP contribution in [0.2, 0.25) is 16.6 Å². The second kappa shape index (κ2) is 14.2. The molecule has 0 spiro atoms. The van der Waals surface area contributed by atoms with Gasteiger partial charge in [-0.25, -0.2) is 0 Å². The lowest BCUT2D eigenvalue weighted by atomic mass is 10.2. The van der Waals surface area contributed by atoms with E-state index in [0.717, 1.165) is 0 Å². The number of ether oxygens (including phenoxy) is 3. The Morgan fingerprint density at radius 3 is 0.722 bits per heavy atom. The van der Waals surface area contributed by atoms with Gasteiger partial charge >= 0.3 is 25.7 Å². The first-order valence-corrected chi connectivity index (χ1v) is 20.3. The zero-order valence-electron chi connectivity index (χ0n) is 26.3. The summed E-state index contributed by atoms with van der Waals surface area (Å²) in [6, 6.07) is 0. The normalized spacial score (nSPS) is 30.2. The van der Waals surface area contributed by atoms with Gasteiger partial charge in [-0.1, -0.05) is 83.1 Å². The molecular formula is C27H60O6Si3. The van der Waals surface area contributed by atoms with Gasteiger partial charge in [0.15, 0.2) is 0 Å². The van der Waals surface area contributed by atoms with E-state index in [1.165, 1.54) is 0 Å². The molecule has 3 unspecified atom stereocenters. The van der Waals surface area contributed by atoms with E-state index < -0.39 is 25.7 Å². The predicted molar refractivity (Wildman–Crippen MR) is 157 cm³/mol. The van der Waals surface area contributed by atoms with E-state index in [2.05, 4.69) is 104 Å². The average Bonchev–Trinajstić information content (AvgIpc) is 2.77. The van der Waals surface area contributed by atoms with E-state index in [1.54, 1.807) is 0 Å². The molecule has 1 aliphatic rings. The van der Waals surface area contributed by atoms with Crippen molar-refractivity contribution in [2.75, 3.05) is 19.8 Å². The van der Waals surface area contributed by atoms with Crippen LogP contribution in [-0.2, 0) is 26.6 Å². The summed E-state index contributed by atoms with van der Waals surface area (Å²) >= 11 is 0. The van der Waals surface area contributed by atoms with Gasteiger partial charge in [-0.15, -0.1) is 0 Å². The van der Waals surface area contributed by atoms with Gasteiger partial charge in [0.2, 0.25) is 0 Å². The lowest BCUT2D eigenvalue weighted by molar-refractivity contribution is 0.0103. The Kier molecular flexibility index (Phi) is 13.5. The summed E-state index contributed by atoms with van der Waals surface area (Å²) in [4.78, 5) is 0. The third-order valence-electron chi connectivity index (χ3n) is 7.11. The van der Waals surface area contributed by atoms with Crippen molar-refractivity contribution in [1.29, 1.82) is 0 Å². The summed E-state index contributed by atoms with van der Waals surface area (Å²) in [5.41, 5.74) is 0.178. The van der Waals surface area contributed by atoms with Gasteiger partial charge in [-0.2, -0.15) is 0 Å². The van der Waals surface area contributed by atoms with Crippen molar-refractivity contribution in [2.24, 2.45) is 17.8 Å². The highest BCUT2D eigenvalue weighted by Crippen LogP contribution is 2.49. The van der Waals surface area contributed by atoms with Crippen LogP contribution in [0.25, 0.3) is 0 Å². The van der Waals surface area contributed by atoms with Crippen LogP contribution < -0.4 is 0 Å². The van der Waals surface area contributed by atoms with Crippen LogP contribution in [0.4, 0.5) is 0 Å². The molecule has 0 aromatic heterocycles. The third kappa shape index (κ3) is 7.97. The van der Waals surface area contributed by atoms with Gasteiger partial charge in [0.05, 0.1) is 17.2 Å². The summed E-state index contributed by atoms with van der Waals surface area (Å²) in [5, 5.41) is 0. The van der Waals surface area contributed by atoms with E-state index >= 15 is 0 Å². The Labute approximate surface area is 227 Å². The maximum atomic E-state index is 7.42. The van der Waals surface area contributed by atoms with E-state index in [4.69, 9.17) is 26.6 Å². The van der Waals surface area contributed by atoms with E-state index in [1.807, 2.05) is 0 Å². The van der Waals surface area contributed by atoms with Crippen molar-refractivity contribution in [3.63, 3.8) is 0 Å². The van der Waals surface area contributed by atoms with Crippen LogP contribution in [0, 0.1) is 17.8 Å². The number of hydrogen-bond donors (Lipinski definition) is 0. The topological polar surface area (TPSA) is 55.4 Å². The molecule has 0 aromatic carbocycles. The first kappa shape index (κ1) is 34.4. The monoisotopic (exact) mass is 564 g/mol. The zero-order chi connectivity index (χ0) is 28.1. The highest BCUT2D eigenvalue weighted by molar-refractivity contribution is 6.97. The van der Waals surface area contributed by atoms with Gasteiger partial charge in [-0.3, -0.25) is 0 Å². The van der Waals surface area contributed by atoms with Gasteiger partial charge in [0.1, 0.15) is 0 Å². The first-order valence-electron chi connectivity index (χ1n) is 14.4. The fourth-order valence-corrected chi connectivity index (χ4v) is 25.8. The molecule has 1 rings (SSSR count). The van der Waals surface area contributed by atoms with Gasteiger partial charge < -0.3 is 26.6 Å². The van der Waals surface area contributed by atoms with Crippen LogP contribution in [0.15, 0.2) is 0 Å². The molecule has 216 valence electrons. The summed E-state index contributed by atoms with van der Waals surface area (Å²) < 4.78 is 41.8. The Morgan fingerprint density at radius 1 is 0.389 bits per heavy atom. The zero-order valence-corrected chi connectivity index (χ0v) is 29.3. The molecule has 9 heteroatoms. The van der Waals surface area contributed by atoms with Crippen molar-refractivity contribution in [2.45, 2.75) is 138 Å². The fraction of sp³-hybridized carbons (Fsp3) is 1.00. The standard InChI is InChI=1S/C27H60O6Si3/c1-19(2)16-28-25(13)34(22(7)8)31-35(23(9)10,26(14)29-17-20(3)4)33-36(32-34,24(11)12)27(15)30-18-21(5)6/h19-27H,16-18H2,1-15H3. The predicted octanol–water partition coefficient (Wildman–Crippen LogP) is 7.41. The Balaban J connectivity index is 3.78. The molecule has 1 fully saturated rings. The highest BCUT2D eigenvalue weighted by atomic mass is 28.5. The van der Waals surface area contributed by atoms with Crippen LogP contribution in [-0.4, -0.2) is 62.7 Å². The second-order valence-electron chi connectivity index (χ2n) is 13.0. The Bertz CT molecular complexity index is 549. The van der Waals surface area contributed by atoms with E-state index in [9.17, 15) is 0 Å². The third-order valence-corrected chi connectivity index (χ3v) is 23.5. The first-order chi connectivity index (χ1) is 16.5. The summed E-state index contributed by atoms with van der Waals surface area (Å²) in [6.45, 7) is 35.1. The molecule has 36 heavy (non-hydrogen) atoms. The lowest BCUT2D eigenvalue weighted by Gasteiger charge is -2.60. The average molecular weight is 565 g/mol. The Hall–Kier alpha value is 0.411. The molecule has 1 heterocycles. The van der Waals surface area contributed by atoms with Crippen LogP contribution >= 0.6 is 0 Å². The largest absolute Gasteiger partial charge is 0.412 e. The van der Waals surface area contributed by atoms with E-state index in [0.29, 0.717) is 37.6 Å². The van der Waals surface area contributed by atoms with Crippen LogP contribution in [0.1, 0.15) is 104 Å². The highest BCUT2D eigenvalue weighted by Gasteiger charge is 2.71. The van der Waals surface area contributed by atoms with E-state index in [-0.39, 0.29) is 33.8 Å². The smallest absolute Gasteiger partial charge is 0.352 e. The molecule has 6 nitrogen and oxygen atoms in total. The number of rotatable bonds is 15. The molecule has 0 N–H and O–H groups in total. The Morgan fingerprint density at radius 2 is 0.583 bits per heavy atom. The lowest BCUT2D eigenvalue weighted by Crippen LogP contribution is -2.81. The second-order valence-corrected chi connectivity index (χ2v) is 25.7. The minimum atomic E-state index is -2.95. The van der Waals surface area contributed by atoms with Gasteiger partial charge in [0, 0.05) is 19.8 Å². The summed E-state index contributed by atoms with van der Waals surface area (Å²) in [7, 11) is -8.85. The number of hydrogen-bond acceptors (Lipinski definition) is 6. The molecule has 0 aliphatic carbocycles. The molecule has 3 atom stereocenters. The molecule has 1 aliphatic heterocycles. The SMILES string of the molecule is CC(C)COC(C)[Si]1(C(C)C)O[Si](C(C)C)(C(C)OCC(C)C)O[Si](C(C)C)(C(C)OCC(C)C)O1. The molecule has 0 radical (unpaired) electrons. The van der Waals surface area contributed by atoms with Gasteiger partial charge in [-0.05, 0) is 55.1 Å². The quantitative estimate of drug-likeness (QED) is 0.193. The summed E-state index contributed by atoms with van der Waals surface area (Å²) in [5.74, 6) is 1.31. The molecular weight excluding hydrogens is 505 g/mol. The van der Waals surface area contributed by atoms with Crippen molar-refractivity contribution < 1.29 is 26.6 Å². The van der Waals surface area contributed by atoms with Crippen LogP contribution in [0.5, 0.6) is 0 Å². The molecule has 0 amide bonds. The molecule has 0 saturated carbocycles. The minimum Gasteiger partial charge on any atom is -0.412 e. The van der Waals surface area contributed by atoms with Crippen LogP contribution in [0.3, 0.4) is 0 Å². The van der Waals surface area contributed by atoms with Crippen molar-refractivity contribution >= 4 is 25.7 Å². The van der Waals surface area contributed by atoms with Crippen molar-refractivity contribution in [1.82, 2.24) is 0 Å². The molecule has 1 saturated heterocycles. The maximum Gasteiger partial charge on any atom is 0.352 e. The van der Waals surface area contributed by atoms with Crippen molar-refractivity contribution in [3.8, 4) is 0 Å².